The van der Waals surface area contributed by atoms with Crippen molar-refractivity contribution in [1.82, 2.24) is 5.32 Å². The largest absolute Gasteiger partial charge is 0.496 e. The standard InChI is InChI=1S/C19H23ClN2O4S/c1-13-11-15(20)9-10-17(13)22(27(4,24)25)12-19(23)21-14(2)16-7-5-6-8-18(16)26-3/h5-11,14H,12H2,1-4H3,(H,21,23)/t14-/m0/s1. The third-order valence-electron chi connectivity index (χ3n) is 4.10. The fraction of sp³-hybridized carbons (Fsp3) is 0.316. The summed E-state index contributed by atoms with van der Waals surface area (Å²) in [6, 6.07) is 11.8. The maximum Gasteiger partial charge on any atom is 0.241 e. The summed E-state index contributed by atoms with van der Waals surface area (Å²) in [6.45, 7) is 3.23. The Kier molecular flexibility index (Phi) is 6.73. The van der Waals surface area contributed by atoms with Gasteiger partial charge in [0.2, 0.25) is 15.9 Å². The van der Waals surface area contributed by atoms with Gasteiger partial charge in [0.1, 0.15) is 12.3 Å². The molecule has 6 nitrogen and oxygen atoms in total. The molecule has 2 aromatic carbocycles. The number of methoxy groups -OCH3 is 1. The number of aryl methyl sites for hydroxylation is 1. The van der Waals surface area contributed by atoms with Crippen LogP contribution in [0.4, 0.5) is 5.69 Å². The van der Waals surface area contributed by atoms with Gasteiger partial charge in [0.15, 0.2) is 0 Å². The molecule has 1 amide bonds. The van der Waals surface area contributed by atoms with Crippen molar-refractivity contribution in [3.05, 3.63) is 58.6 Å². The summed E-state index contributed by atoms with van der Waals surface area (Å²) in [6.07, 6.45) is 1.07. The van der Waals surface area contributed by atoms with Crippen molar-refractivity contribution < 1.29 is 17.9 Å². The molecule has 1 N–H and O–H groups in total. The highest BCUT2D eigenvalue weighted by Crippen LogP contribution is 2.26. The first-order valence-electron chi connectivity index (χ1n) is 8.29. The minimum Gasteiger partial charge on any atom is -0.496 e. The number of para-hydroxylation sites is 1. The van der Waals surface area contributed by atoms with E-state index in [-0.39, 0.29) is 12.6 Å². The monoisotopic (exact) mass is 410 g/mol. The lowest BCUT2D eigenvalue weighted by Crippen LogP contribution is -2.41. The van der Waals surface area contributed by atoms with E-state index in [1.165, 1.54) is 0 Å². The summed E-state index contributed by atoms with van der Waals surface area (Å²) in [7, 11) is -2.10. The van der Waals surface area contributed by atoms with E-state index in [0.29, 0.717) is 22.0 Å². The lowest BCUT2D eigenvalue weighted by atomic mass is 10.1. The number of amides is 1. The second-order valence-corrected chi connectivity index (χ2v) is 8.57. The molecule has 8 heteroatoms. The van der Waals surface area contributed by atoms with Gasteiger partial charge in [0.25, 0.3) is 0 Å². The Labute approximate surface area is 165 Å². The molecule has 0 aliphatic heterocycles. The minimum absolute atomic E-state index is 0.333. The smallest absolute Gasteiger partial charge is 0.241 e. The van der Waals surface area contributed by atoms with Gasteiger partial charge in [-0.15, -0.1) is 0 Å². The summed E-state index contributed by atoms with van der Waals surface area (Å²) >= 11 is 5.95. The van der Waals surface area contributed by atoms with Crippen LogP contribution < -0.4 is 14.4 Å². The van der Waals surface area contributed by atoms with E-state index >= 15 is 0 Å². The first-order chi connectivity index (χ1) is 12.6. The van der Waals surface area contributed by atoms with Gasteiger partial charge in [-0.05, 0) is 43.7 Å². The van der Waals surface area contributed by atoms with E-state index in [1.807, 2.05) is 25.1 Å². The van der Waals surface area contributed by atoms with Gasteiger partial charge in [-0.2, -0.15) is 0 Å². The normalized spacial score (nSPS) is 12.3. The highest BCUT2D eigenvalue weighted by atomic mass is 35.5. The molecule has 0 heterocycles. The van der Waals surface area contributed by atoms with Crippen LogP contribution in [0.25, 0.3) is 0 Å². The number of nitrogens with zero attached hydrogens (tertiary/aromatic N) is 1. The van der Waals surface area contributed by atoms with Gasteiger partial charge < -0.3 is 10.1 Å². The van der Waals surface area contributed by atoms with E-state index in [2.05, 4.69) is 5.32 Å². The topological polar surface area (TPSA) is 75.7 Å². The summed E-state index contributed by atoms with van der Waals surface area (Å²) in [5.74, 6) is 0.229. The molecule has 0 aromatic heterocycles. The molecule has 0 radical (unpaired) electrons. The summed E-state index contributed by atoms with van der Waals surface area (Å²) in [4.78, 5) is 12.6. The first-order valence-corrected chi connectivity index (χ1v) is 10.5. The maximum absolute atomic E-state index is 12.6. The Balaban J connectivity index is 2.22. The zero-order chi connectivity index (χ0) is 20.2. The van der Waals surface area contributed by atoms with Crippen LogP contribution in [0.5, 0.6) is 5.75 Å². The van der Waals surface area contributed by atoms with Gasteiger partial charge >= 0.3 is 0 Å². The molecular weight excluding hydrogens is 388 g/mol. The van der Waals surface area contributed by atoms with Crippen LogP contribution in [0.1, 0.15) is 24.1 Å². The number of hydrogen-bond acceptors (Lipinski definition) is 4. The molecule has 146 valence electrons. The Bertz CT molecular complexity index is 931. The second kappa shape index (κ2) is 8.63. The molecule has 0 saturated carbocycles. The molecule has 2 rings (SSSR count). The summed E-state index contributed by atoms with van der Waals surface area (Å²) in [5.41, 5.74) is 1.89. The Hall–Kier alpha value is -2.25. The van der Waals surface area contributed by atoms with Crippen LogP contribution in [0, 0.1) is 6.92 Å². The molecule has 0 unspecified atom stereocenters. The quantitative estimate of drug-likeness (QED) is 0.759. The SMILES string of the molecule is COc1ccccc1[C@H](C)NC(=O)CN(c1ccc(Cl)cc1C)S(C)(=O)=O. The molecule has 27 heavy (non-hydrogen) atoms. The average Bonchev–Trinajstić information content (AvgIpc) is 2.59. The molecule has 2 aromatic rings. The molecule has 1 atom stereocenters. The van der Waals surface area contributed by atoms with E-state index in [1.54, 1.807) is 38.3 Å². The number of halogens is 1. The highest BCUT2D eigenvalue weighted by Gasteiger charge is 2.23. The van der Waals surface area contributed by atoms with Crippen molar-refractivity contribution in [3.8, 4) is 5.75 Å². The fourth-order valence-corrected chi connectivity index (χ4v) is 3.94. The lowest BCUT2D eigenvalue weighted by Gasteiger charge is -2.25. The predicted octanol–water partition coefficient (Wildman–Crippen LogP) is 3.30. The maximum atomic E-state index is 12.6. The van der Waals surface area contributed by atoms with E-state index in [4.69, 9.17) is 16.3 Å². The van der Waals surface area contributed by atoms with Crippen molar-refractivity contribution >= 4 is 33.2 Å². The van der Waals surface area contributed by atoms with Crippen LogP contribution >= 0.6 is 11.6 Å². The van der Waals surface area contributed by atoms with Crippen LogP contribution in [0.15, 0.2) is 42.5 Å². The third kappa shape index (κ3) is 5.37. The Morgan fingerprint density at radius 3 is 2.52 bits per heavy atom. The summed E-state index contributed by atoms with van der Waals surface area (Å²) in [5, 5.41) is 3.32. The van der Waals surface area contributed by atoms with Gasteiger partial charge in [0.05, 0.1) is 25.1 Å². The van der Waals surface area contributed by atoms with Crippen LogP contribution in [0.3, 0.4) is 0 Å². The van der Waals surface area contributed by atoms with Crippen molar-refractivity contribution in [1.29, 1.82) is 0 Å². The molecule has 0 aliphatic carbocycles. The Morgan fingerprint density at radius 2 is 1.93 bits per heavy atom. The molecule has 0 spiro atoms. The molecule has 0 aliphatic rings. The van der Waals surface area contributed by atoms with Crippen LogP contribution in [-0.2, 0) is 14.8 Å². The van der Waals surface area contributed by atoms with Gasteiger partial charge in [-0.1, -0.05) is 29.8 Å². The minimum atomic E-state index is -3.66. The molecule has 0 saturated heterocycles. The number of nitrogens with one attached hydrogen (secondary N) is 1. The van der Waals surface area contributed by atoms with Gasteiger partial charge in [-0.3, -0.25) is 9.10 Å². The first kappa shape index (κ1) is 21.1. The van der Waals surface area contributed by atoms with E-state index in [0.717, 1.165) is 16.1 Å². The fourth-order valence-electron chi connectivity index (χ4n) is 2.80. The third-order valence-corrected chi connectivity index (χ3v) is 5.46. The van der Waals surface area contributed by atoms with E-state index < -0.39 is 15.9 Å². The van der Waals surface area contributed by atoms with Crippen molar-refractivity contribution in [3.63, 3.8) is 0 Å². The Morgan fingerprint density at radius 1 is 1.26 bits per heavy atom. The zero-order valence-electron chi connectivity index (χ0n) is 15.7. The lowest BCUT2D eigenvalue weighted by molar-refractivity contribution is -0.120. The average molecular weight is 411 g/mol. The number of hydrogen-bond donors (Lipinski definition) is 1. The number of sulfonamides is 1. The highest BCUT2D eigenvalue weighted by molar-refractivity contribution is 7.92. The molecular formula is C19H23ClN2O4S. The van der Waals surface area contributed by atoms with Gasteiger partial charge in [0, 0.05) is 10.6 Å². The van der Waals surface area contributed by atoms with E-state index in [9.17, 15) is 13.2 Å². The van der Waals surface area contributed by atoms with Gasteiger partial charge in [-0.25, -0.2) is 8.42 Å². The van der Waals surface area contributed by atoms with Crippen LogP contribution in [-0.4, -0.2) is 34.2 Å². The van der Waals surface area contributed by atoms with Crippen LogP contribution in [0.2, 0.25) is 5.02 Å². The number of anilines is 1. The van der Waals surface area contributed by atoms with Crippen molar-refractivity contribution in [2.45, 2.75) is 19.9 Å². The van der Waals surface area contributed by atoms with Crippen molar-refractivity contribution in [2.75, 3.05) is 24.2 Å². The number of carbonyl (C=O) groups excluding carboxylic acids is 1. The number of ether oxygens (including phenoxy) is 1. The summed E-state index contributed by atoms with van der Waals surface area (Å²) < 4.78 is 30.9. The number of benzene rings is 2. The molecule has 0 bridgehead atoms. The zero-order valence-corrected chi connectivity index (χ0v) is 17.3. The molecule has 0 fully saturated rings. The number of rotatable bonds is 7. The van der Waals surface area contributed by atoms with Crippen molar-refractivity contribution in [2.24, 2.45) is 0 Å². The predicted molar refractivity (Wildman–Crippen MR) is 108 cm³/mol. The second-order valence-electron chi connectivity index (χ2n) is 6.23. The number of carbonyl (C=O) groups is 1.